The molecule has 0 aliphatic heterocycles. The van der Waals surface area contributed by atoms with Gasteiger partial charge in [0.2, 0.25) is 0 Å². The molecule has 0 radical (unpaired) electrons. The van der Waals surface area contributed by atoms with Crippen molar-refractivity contribution in [3.8, 4) is 0 Å². The first-order valence-corrected chi connectivity index (χ1v) is 6.63. The predicted molar refractivity (Wildman–Crippen MR) is 68.8 cm³/mol. The van der Waals surface area contributed by atoms with Gasteiger partial charge in [0.1, 0.15) is 0 Å². The highest BCUT2D eigenvalue weighted by Gasteiger charge is 2.22. The van der Waals surface area contributed by atoms with Crippen molar-refractivity contribution in [2.75, 3.05) is 40.4 Å². The lowest BCUT2D eigenvalue weighted by Gasteiger charge is -2.17. The molecule has 1 aliphatic rings. The Hall–Kier alpha value is -0.120. The number of ether oxygens (including phenoxy) is 1. The highest BCUT2D eigenvalue weighted by atomic mass is 16.5. The fraction of sp³-hybridized carbons (Fsp3) is 1.00. The predicted octanol–water partition coefficient (Wildman–Crippen LogP) is 1.73. The Morgan fingerprint density at radius 2 is 2.12 bits per heavy atom. The van der Waals surface area contributed by atoms with E-state index in [0.717, 1.165) is 32.2 Å². The van der Waals surface area contributed by atoms with Crippen LogP contribution in [0.1, 0.15) is 32.6 Å². The molecule has 16 heavy (non-hydrogen) atoms. The van der Waals surface area contributed by atoms with Gasteiger partial charge >= 0.3 is 0 Å². The van der Waals surface area contributed by atoms with Gasteiger partial charge in [-0.2, -0.15) is 0 Å². The van der Waals surface area contributed by atoms with Gasteiger partial charge in [-0.25, -0.2) is 0 Å². The van der Waals surface area contributed by atoms with Crippen LogP contribution in [0, 0.1) is 5.92 Å². The Kier molecular flexibility index (Phi) is 7.01. The second kappa shape index (κ2) is 8.04. The molecule has 0 aromatic rings. The van der Waals surface area contributed by atoms with Crippen molar-refractivity contribution in [2.24, 2.45) is 5.92 Å². The second-order valence-corrected chi connectivity index (χ2v) is 5.18. The molecule has 0 amide bonds. The van der Waals surface area contributed by atoms with Gasteiger partial charge in [0.05, 0.1) is 6.61 Å². The standard InChI is InChI=1S/C13H28N2O/c1-12(11-13-5-6-13)14-7-4-8-15(2)9-10-16-3/h12-14H,4-11H2,1-3H3. The summed E-state index contributed by atoms with van der Waals surface area (Å²) in [5.74, 6) is 1.03. The van der Waals surface area contributed by atoms with Crippen LogP contribution in [-0.4, -0.2) is 51.3 Å². The first-order chi connectivity index (χ1) is 7.72. The molecule has 1 saturated carbocycles. The van der Waals surface area contributed by atoms with Crippen molar-refractivity contribution in [3.05, 3.63) is 0 Å². The Morgan fingerprint density at radius 3 is 2.75 bits per heavy atom. The van der Waals surface area contributed by atoms with Crippen LogP contribution in [0.5, 0.6) is 0 Å². The maximum atomic E-state index is 5.05. The lowest BCUT2D eigenvalue weighted by atomic mass is 10.1. The van der Waals surface area contributed by atoms with Gasteiger partial charge in [0.25, 0.3) is 0 Å². The number of nitrogens with one attached hydrogen (secondary N) is 1. The van der Waals surface area contributed by atoms with E-state index in [0.29, 0.717) is 6.04 Å². The molecule has 0 heterocycles. The number of hydrogen-bond acceptors (Lipinski definition) is 3. The lowest BCUT2D eigenvalue weighted by molar-refractivity contribution is 0.160. The summed E-state index contributed by atoms with van der Waals surface area (Å²) >= 11 is 0. The van der Waals surface area contributed by atoms with Crippen molar-refractivity contribution < 1.29 is 4.74 Å². The molecule has 3 heteroatoms. The Labute approximate surface area is 101 Å². The van der Waals surface area contributed by atoms with E-state index >= 15 is 0 Å². The number of hydrogen-bond donors (Lipinski definition) is 1. The summed E-state index contributed by atoms with van der Waals surface area (Å²) in [6.07, 6.45) is 5.53. The van der Waals surface area contributed by atoms with E-state index in [4.69, 9.17) is 4.74 Å². The van der Waals surface area contributed by atoms with Crippen LogP contribution >= 0.6 is 0 Å². The summed E-state index contributed by atoms with van der Waals surface area (Å²) in [6, 6.07) is 0.705. The third kappa shape index (κ3) is 7.20. The summed E-state index contributed by atoms with van der Waals surface area (Å²) < 4.78 is 5.05. The number of rotatable bonds is 10. The molecule has 0 spiro atoms. The Balaban J connectivity index is 1.85. The van der Waals surface area contributed by atoms with Crippen molar-refractivity contribution in [3.63, 3.8) is 0 Å². The van der Waals surface area contributed by atoms with Crippen LogP contribution in [0.2, 0.25) is 0 Å². The van der Waals surface area contributed by atoms with E-state index in [1.54, 1.807) is 7.11 Å². The van der Waals surface area contributed by atoms with E-state index < -0.39 is 0 Å². The van der Waals surface area contributed by atoms with Crippen LogP contribution in [0.3, 0.4) is 0 Å². The fourth-order valence-corrected chi connectivity index (χ4v) is 1.99. The molecule has 96 valence electrons. The van der Waals surface area contributed by atoms with Crippen LogP contribution < -0.4 is 5.32 Å². The summed E-state index contributed by atoms with van der Waals surface area (Å²) in [5, 5.41) is 3.61. The van der Waals surface area contributed by atoms with Crippen LogP contribution in [0.25, 0.3) is 0 Å². The van der Waals surface area contributed by atoms with Crippen molar-refractivity contribution in [1.29, 1.82) is 0 Å². The van der Waals surface area contributed by atoms with E-state index in [2.05, 4.69) is 24.2 Å². The van der Waals surface area contributed by atoms with Crippen molar-refractivity contribution in [2.45, 2.75) is 38.6 Å². The van der Waals surface area contributed by atoms with Gasteiger partial charge in [-0.15, -0.1) is 0 Å². The van der Waals surface area contributed by atoms with Crippen molar-refractivity contribution in [1.82, 2.24) is 10.2 Å². The van der Waals surface area contributed by atoms with Gasteiger partial charge in [0, 0.05) is 19.7 Å². The fourth-order valence-electron chi connectivity index (χ4n) is 1.99. The molecule has 0 aromatic heterocycles. The zero-order chi connectivity index (χ0) is 11.8. The molecule has 1 aliphatic carbocycles. The van der Waals surface area contributed by atoms with Gasteiger partial charge in [-0.3, -0.25) is 0 Å². The minimum absolute atomic E-state index is 0.705. The smallest absolute Gasteiger partial charge is 0.0589 e. The van der Waals surface area contributed by atoms with Gasteiger partial charge < -0.3 is 15.0 Å². The zero-order valence-corrected chi connectivity index (χ0v) is 11.2. The molecule has 1 unspecified atom stereocenters. The normalized spacial score (nSPS) is 18.0. The van der Waals surface area contributed by atoms with Gasteiger partial charge in [-0.05, 0) is 45.8 Å². The summed E-state index contributed by atoms with van der Waals surface area (Å²) in [4.78, 5) is 2.33. The minimum Gasteiger partial charge on any atom is -0.383 e. The maximum Gasteiger partial charge on any atom is 0.0589 e. The number of nitrogens with zero attached hydrogens (tertiary/aromatic N) is 1. The third-order valence-electron chi connectivity index (χ3n) is 3.27. The molecular weight excluding hydrogens is 200 g/mol. The highest BCUT2D eigenvalue weighted by Crippen LogP contribution is 2.33. The largest absolute Gasteiger partial charge is 0.383 e. The second-order valence-electron chi connectivity index (χ2n) is 5.18. The molecule has 1 N–H and O–H groups in total. The first kappa shape index (κ1) is 13.9. The molecule has 0 aromatic carbocycles. The quantitative estimate of drug-likeness (QED) is 0.576. The third-order valence-corrected chi connectivity index (χ3v) is 3.27. The minimum atomic E-state index is 0.705. The Bertz CT molecular complexity index is 171. The summed E-state index contributed by atoms with van der Waals surface area (Å²) in [6.45, 7) is 6.49. The molecule has 1 fully saturated rings. The molecule has 3 nitrogen and oxygen atoms in total. The Morgan fingerprint density at radius 1 is 1.38 bits per heavy atom. The topological polar surface area (TPSA) is 24.5 Å². The zero-order valence-electron chi connectivity index (χ0n) is 11.2. The lowest BCUT2D eigenvalue weighted by Crippen LogP contribution is -2.31. The molecule has 0 bridgehead atoms. The monoisotopic (exact) mass is 228 g/mol. The molecule has 1 atom stereocenters. The van der Waals surface area contributed by atoms with Crippen molar-refractivity contribution >= 4 is 0 Å². The molecule has 1 rings (SSSR count). The van der Waals surface area contributed by atoms with Crippen LogP contribution in [0.4, 0.5) is 0 Å². The van der Waals surface area contributed by atoms with E-state index in [1.807, 2.05) is 0 Å². The van der Waals surface area contributed by atoms with E-state index in [1.165, 1.54) is 25.7 Å². The van der Waals surface area contributed by atoms with Crippen LogP contribution in [0.15, 0.2) is 0 Å². The summed E-state index contributed by atoms with van der Waals surface area (Å²) in [5.41, 5.74) is 0. The molecule has 0 saturated heterocycles. The summed E-state index contributed by atoms with van der Waals surface area (Å²) in [7, 11) is 3.92. The number of methoxy groups -OCH3 is 1. The number of likely N-dealkylation sites (N-methyl/N-ethyl adjacent to an activating group) is 1. The SMILES string of the molecule is COCCN(C)CCCNC(C)CC1CC1. The first-order valence-electron chi connectivity index (χ1n) is 6.63. The van der Waals surface area contributed by atoms with Gasteiger partial charge in [-0.1, -0.05) is 12.8 Å². The average Bonchev–Trinajstić information content (AvgIpc) is 3.05. The van der Waals surface area contributed by atoms with Gasteiger partial charge in [0.15, 0.2) is 0 Å². The highest BCUT2D eigenvalue weighted by molar-refractivity contribution is 4.77. The molecular formula is C13H28N2O. The maximum absolute atomic E-state index is 5.05. The van der Waals surface area contributed by atoms with Crippen LogP contribution in [-0.2, 0) is 4.74 Å². The van der Waals surface area contributed by atoms with E-state index in [9.17, 15) is 0 Å². The average molecular weight is 228 g/mol. The van der Waals surface area contributed by atoms with E-state index in [-0.39, 0.29) is 0 Å².